The lowest BCUT2D eigenvalue weighted by atomic mass is 9.90. The summed E-state index contributed by atoms with van der Waals surface area (Å²) in [5.41, 5.74) is 5.77. The number of nitrogens with zero attached hydrogens (tertiary/aromatic N) is 8. The van der Waals surface area contributed by atoms with E-state index in [0.29, 0.717) is 64.2 Å². The summed E-state index contributed by atoms with van der Waals surface area (Å²) >= 11 is 0. The van der Waals surface area contributed by atoms with Crippen molar-refractivity contribution in [3.05, 3.63) is 139 Å². The zero-order valence-electron chi connectivity index (χ0n) is 31.6. The summed E-state index contributed by atoms with van der Waals surface area (Å²) in [5, 5.41) is 22.0. The molecule has 0 aliphatic carbocycles. The van der Waals surface area contributed by atoms with Gasteiger partial charge in [0, 0.05) is 76.6 Å². The fourth-order valence-corrected chi connectivity index (χ4v) is 8.19. The molecule has 0 atom stereocenters. The number of carbonyl (C=O) groups excluding carboxylic acids is 2. The molecular formula is C42H48N8O6. The fourth-order valence-electron chi connectivity index (χ4n) is 8.19. The van der Waals surface area contributed by atoms with Crippen molar-refractivity contribution in [2.24, 2.45) is 11.8 Å². The zero-order valence-corrected chi connectivity index (χ0v) is 31.6. The van der Waals surface area contributed by atoms with Crippen LogP contribution in [0.2, 0.25) is 0 Å². The maximum absolute atomic E-state index is 13.7. The molecule has 0 N–H and O–H groups in total. The highest BCUT2D eigenvalue weighted by molar-refractivity contribution is 5.78. The second kappa shape index (κ2) is 17.9. The number of benzene rings is 2. The van der Waals surface area contributed by atoms with Gasteiger partial charge in [-0.2, -0.15) is 0 Å². The predicted octanol–water partition coefficient (Wildman–Crippen LogP) is 5.57. The highest BCUT2D eigenvalue weighted by Gasteiger charge is 2.27. The molecule has 0 saturated carbocycles. The van der Waals surface area contributed by atoms with Gasteiger partial charge in [-0.15, -0.1) is 0 Å². The van der Waals surface area contributed by atoms with Gasteiger partial charge >= 0.3 is 0 Å². The van der Waals surface area contributed by atoms with Crippen LogP contribution in [0.25, 0.3) is 0 Å². The van der Waals surface area contributed by atoms with Crippen molar-refractivity contribution >= 4 is 23.2 Å². The van der Waals surface area contributed by atoms with Gasteiger partial charge in [0.05, 0.1) is 45.7 Å². The van der Waals surface area contributed by atoms with Crippen LogP contribution in [0.15, 0.2) is 84.9 Å². The van der Waals surface area contributed by atoms with Gasteiger partial charge < -0.3 is 9.80 Å². The first-order valence-corrected chi connectivity index (χ1v) is 19.5. The third kappa shape index (κ3) is 10.4. The van der Waals surface area contributed by atoms with Crippen LogP contribution in [0.5, 0.6) is 0 Å². The monoisotopic (exact) mass is 760 g/mol. The number of fused-ring (bicyclic) bond motifs is 4. The average Bonchev–Trinajstić information content (AvgIpc) is 3.19. The van der Waals surface area contributed by atoms with E-state index in [4.69, 9.17) is 9.97 Å². The normalized spacial score (nSPS) is 17.5. The molecule has 14 heteroatoms. The second-order valence-electron chi connectivity index (χ2n) is 15.4. The van der Waals surface area contributed by atoms with E-state index in [1.807, 2.05) is 70.5 Å². The van der Waals surface area contributed by atoms with Gasteiger partial charge in [-0.05, 0) is 85.8 Å². The van der Waals surface area contributed by atoms with E-state index in [2.05, 4.69) is 9.80 Å². The molecule has 2 aromatic carbocycles. The molecular weight excluding hydrogens is 713 g/mol. The Kier molecular flexibility index (Phi) is 12.4. The minimum Gasteiger partial charge on any atom is -0.342 e. The molecule has 5 heterocycles. The summed E-state index contributed by atoms with van der Waals surface area (Å²) in [6.45, 7) is 5.14. The van der Waals surface area contributed by atoms with Crippen molar-refractivity contribution in [1.82, 2.24) is 29.6 Å². The summed E-state index contributed by atoms with van der Waals surface area (Å²) in [5.74, 6) is 1.00. The number of likely N-dealkylation sites (tertiary alicyclic amines) is 2. The Labute approximate surface area is 326 Å². The molecule has 14 nitrogen and oxygen atoms in total. The lowest BCUT2D eigenvalue weighted by Gasteiger charge is -2.34. The highest BCUT2D eigenvalue weighted by atomic mass is 16.6. The summed E-state index contributed by atoms with van der Waals surface area (Å²) in [6.07, 6.45) is 5.23. The predicted molar refractivity (Wildman–Crippen MR) is 209 cm³/mol. The van der Waals surface area contributed by atoms with Crippen molar-refractivity contribution in [2.45, 2.75) is 64.7 Å². The van der Waals surface area contributed by atoms with Crippen LogP contribution in [-0.4, -0.2) is 90.5 Å². The number of pyridine rings is 2. The molecule has 4 bridgehead atoms. The Morgan fingerprint density at radius 1 is 0.536 bits per heavy atom. The standard InChI is InChI=1S/C42H48N8O6/c51-41(47-19-15-33(16-20-47)23-31-7-11-39(12-8-31)49(53)54)29-45-25-35-3-1-4-36(43-35)26-46(28-38-6-2-5-37(27-45)44-38)30-42(52)48-21-17-34(18-22-48)24-32-9-13-40(14-10-32)50(55)56/h1-14,33-34H,15-30H2. The van der Waals surface area contributed by atoms with Gasteiger partial charge in [-0.1, -0.05) is 36.4 Å². The molecule has 4 aromatic rings. The fraction of sp³-hybridized carbons (Fsp3) is 0.429. The van der Waals surface area contributed by atoms with Crippen LogP contribution in [0.1, 0.15) is 59.6 Å². The van der Waals surface area contributed by atoms with E-state index >= 15 is 0 Å². The molecule has 2 amide bonds. The maximum Gasteiger partial charge on any atom is 0.269 e. The van der Waals surface area contributed by atoms with E-state index in [9.17, 15) is 29.8 Å². The number of piperidine rings is 2. The number of rotatable bonds is 10. The van der Waals surface area contributed by atoms with Crippen molar-refractivity contribution in [3.63, 3.8) is 0 Å². The quantitative estimate of drug-likeness (QED) is 0.148. The van der Waals surface area contributed by atoms with Crippen molar-refractivity contribution < 1.29 is 19.4 Å². The van der Waals surface area contributed by atoms with Crippen molar-refractivity contribution in [3.8, 4) is 0 Å². The first kappa shape index (κ1) is 38.7. The first-order valence-electron chi connectivity index (χ1n) is 19.5. The first-order chi connectivity index (χ1) is 27.1. The van der Waals surface area contributed by atoms with E-state index in [1.165, 1.54) is 0 Å². The van der Waals surface area contributed by atoms with Crippen molar-refractivity contribution in [2.75, 3.05) is 39.3 Å². The Morgan fingerprint density at radius 2 is 0.857 bits per heavy atom. The number of non-ortho nitro benzene ring substituents is 2. The van der Waals surface area contributed by atoms with Gasteiger partial charge in [-0.25, -0.2) is 0 Å². The lowest BCUT2D eigenvalue weighted by Crippen LogP contribution is -2.44. The van der Waals surface area contributed by atoms with E-state index in [0.717, 1.165) is 72.4 Å². The molecule has 7 rings (SSSR count). The van der Waals surface area contributed by atoms with Crippen LogP contribution in [-0.2, 0) is 48.6 Å². The molecule has 2 saturated heterocycles. The van der Waals surface area contributed by atoms with Gasteiger partial charge in [0.15, 0.2) is 0 Å². The molecule has 56 heavy (non-hydrogen) atoms. The Hall–Kier alpha value is -5.60. The molecule has 0 unspecified atom stereocenters. The van der Waals surface area contributed by atoms with E-state index in [-0.39, 0.29) is 46.1 Å². The van der Waals surface area contributed by atoms with E-state index in [1.54, 1.807) is 24.3 Å². The number of hydrogen-bond donors (Lipinski definition) is 0. The number of aromatic nitrogens is 2. The number of carbonyl (C=O) groups is 2. The molecule has 3 aliphatic rings. The third-order valence-electron chi connectivity index (χ3n) is 11.3. The summed E-state index contributed by atoms with van der Waals surface area (Å²) in [4.78, 5) is 66.7. The van der Waals surface area contributed by atoms with Gasteiger partial charge in [0.25, 0.3) is 11.4 Å². The number of nitro benzene ring substituents is 2. The molecule has 3 aliphatic heterocycles. The van der Waals surface area contributed by atoms with Crippen LogP contribution >= 0.6 is 0 Å². The molecule has 2 aromatic heterocycles. The molecule has 0 radical (unpaired) electrons. The maximum atomic E-state index is 13.7. The Morgan fingerprint density at radius 3 is 1.16 bits per heavy atom. The SMILES string of the molecule is O=C(CN1Cc2cccc(n2)CN(CC(=O)N2CCC(Cc3ccc([N+](=O)[O-])cc3)CC2)Cc2cccc(n2)C1)N1CCC(Cc2ccc([N+](=O)[O-])cc2)CC1. The summed E-state index contributed by atoms with van der Waals surface area (Å²) in [7, 11) is 0. The van der Waals surface area contributed by atoms with Gasteiger partial charge in [0.1, 0.15) is 0 Å². The van der Waals surface area contributed by atoms with Crippen LogP contribution in [0.3, 0.4) is 0 Å². The molecule has 292 valence electrons. The minimum atomic E-state index is -0.383. The molecule has 0 spiro atoms. The van der Waals surface area contributed by atoms with Crippen LogP contribution in [0, 0.1) is 32.1 Å². The number of amides is 2. The zero-order chi connectivity index (χ0) is 39.0. The van der Waals surface area contributed by atoms with Crippen LogP contribution < -0.4 is 0 Å². The Balaban J connectivity index is 0.939. The average molecular weight is 761 g/mol. The summed E-state index contributed by atoms with van der Waals surface area (Å²) in [6, 6.07) is 25.4. The highest BCUT2D eigenvalue weighted by Crippen LogP contribution is 2.25. The topological polar surface area (TPSA) is 159 Å². The second-order valence-corrected chi connectivity index (χ2v) is 15.4. The summed E-state index contributed by atoms with van der Waals surface area (Å²) < 4.78 is 0. The van der Waals surface area contributed by atoms with Gasteiger partial charge in [-0.3, -0.25) is 49.6 Å². The van der Waals surface area contributed by atoms with Crippen molar-refractivity contribution in [1.29, 1.82) is 0 Å². The van der Waals surface area contributed by atoms with E-state index < -0.39 is 0 Å². The lowest BCUT2D eigenvalue weighted by molar-refractivity contribution is -0.385. The largest absolute Gasteiger partial charge is 0.342 e. The number of hydrogen-bond acceptors (Lipinski definition) is 10. The smallest absolute Gasteiger partial charge is 0.269 e. The Bertz CT molecular complexity index is 1820. The van der Waals surface area contributed by atoms with Gasteiger partial charge in [0.2, 0.25) is 11.8 Å². The van der Waals surface area contributed by atoms with Crippen LogP contribution in [0.4, 0.5) is 11.4 Å². The third-order valence-corrected chi connectivity index (χ3v) is 11.3. The molecule has 2 fully saturated rings. The number of nitro groups is 2. The minimum absolute atomic E-state index is 0.0817.